The van der Waals surface area contributed by atoms with Gasteiger partial charge < -0.3 is 9.59 Å². The Morgan fingerprint density at radius 3 is 2.20 bits per heavy atom. The molecule has 82 valence electrons. The SMILES string of the molecule is C[N+](C)(C)C.[O-]c1nsc2ccccc12. The lowest BCUT2D eigenvalue weighted by atomic mass is 10.3. The molecule has 0 amide bonds. The lowest BCUT2D eigenvalue weighted by molar-refractivity contribution is -0.849. The second-order valence-electron chi connectivity index (χ2n) is 4.67. The standard InChI is InChI=1S/C7H5NOS.C4H12N/c9-7-5-3-1-2-4-6(5)10-8-7;1-5(2,3)4/h1-4H,(H,8,9);1-4H3/q;+1/p-1. The summed E-state index contributed by atoms with van der Waals surface area (Å²) in [6.45, 7) is 0. The third-order valence-corrected chi connectivity index (χ3v) is 2.15. The van der Waals surface area contributed by atoms with Crippen molar-refractivity contribution in [3.05, 3.63) is 24.3 Å². The summed E-state index contributed by atoms with van der Waals surface area (Å²) < 4.78 is 5.65. The van der Waals surface area contributed by atoms with Crippen LogP contribution in [-0.2, 0) is 0 Å². The number of hydrogen-bond donors (Lipinski definition) is 0. The molecule has 0 unspecified atom stereocenters. The number of rotatable bonds is 0. The normalized spacial score (nSPS) is 10.9. The van der Waals surface area contributed by atoms with E-state index in [4.69, 9.17) is 0 Å². The van der Waals surface area contributed by atoms with Gasteiger partial charge in [-0.05, 0) is 17.6 Å². The summed E-state index contributed by atoms with van der Waals surface area (Å²) in [4.78, 5) is 0. The molecule has 0 saturated carbocycles. The molecule has 2 rings (SSSR count). The van der Waals surface area contributed by atoms with Crippen molar-refractivity contribution >= 4 is 21.6 Å². The molecule has 3 nitrogen and oxygen atoms in total. The Balaban J connectivity index is 0.000000195. The fourth-order valence-electron chi connectivity index (χ4n) is 0.863. The Bertz CT molecular complexity index is 425. The van der Waals surface area contributed by atoms with Crippen LogP contribution in [0, 0.1) is 0 Å². The van der Waals surface area contributed by atoms with Crippen LogP contribution in [0.15, 0.2) is 24.3 Å². The molecular weight excluding hydrogens is 208 g/mol. The lowest BCUT2D eigenvalue weighted by Gasteiger charge is -2.14. The van der Waals surface area contributed by atoms with Crippen molar-refractivity contribution in [2.75, 3.05) is 28.2 Å². The third kappa shape index (κ3) is 4.27. The van der Waals surface area contributed by atoms with Gasteiger partial charge in [-0.2, -0.15) is 0 Å². The Kier molecular flexibility index (Phi) is 3.66. The van der Waals surface area contributed by atoms with E-state index >= 15 is 0 Å². The topological polar surface area (TPSA) is 36.0 Å². The number of fused-ring (bicyclic) bond motifs is 1. The van der Waals surface area contributed by atoms with E-state index in [0.29, 0.717) is 0 Å². The molecule has 1 aromatic heterocycles. The minimum Gasteiger partial charge on any atom is -0.857 e. The van der Waals surface area contributed by atoms with Gasteiger partial charge in [-0.1, -0.05) is 18.2 Å². The number of aromatic nitrogens is 1. The quantitative estimate of drug-likeness (QED) is 0.638. The molecule has 0 bridgehead atoms. The average Bonchev–Trinajstić information content (AvgIpc) is 2.46. The van der Waals surface area contributed by atoms with Crippen LogP contribution < -0.4 is 5.11 Å². The van der Waals surface area contributed by atoms with E-state index in [0.717, 1.165) is 14.6 Å². The fraction of sp³-hybridized carbons (Fsp3) is 0.364. The fourth-order valence-corrected chi connectivity index (χ4v) is 1.54. The summed E-state index contributed by atoms with van der Waals surface area (Å²) in [6, 6.07) is 7.44. The average molecular weight is 224 g/mol. The van der Waals surface area contributed by atoms with Crippen LogP contribution >= 0.6 is 11.5 Å². The molecule has 1 aromatic carbocycles. The van der Waals surface area contributed by atoms with E-state index in [1.54, 1.807) is 6.07 Å². The maximum atomic E-state index is 10.9. The highest BCUT2D eigenvalue weighted by Gasteiger charge is 1.93. The number of benzene rings is 1. The first-order valence-corrected chi connectivity index (χ1v) is 5.45. The van der Waals surface area contributed by atoms with Gasteiger partial charge in [0.1, 0.15) is 0 Å². The van der Waals surface area contributed by atoms with Crippen LogP contribution in [0.4, 0.5) is 0 Å². The predicted molar refractivity (Wildman–Crippen MR) is 63.0 cm³/mol. The minimum atomic E-state index is -0.111. The van der Waals surface area contributed by atoms with Crippen molar-refractivity contribution in [1.82, 2.24) is 4.37 Å². The third-order valence-electron chi connectivity index (χ3n) is 1.34. The van der Waals surface area contributed by atoms with E-state index in [-0.39, 0.29) is 5.88 Å². The Hall–Kier alpha value is -1.13. The van der Waals surface area contributed by atoms with Crippen LogP contribution in [0.1, 0.15) is 0 Å². The Morgan fingerprint density at radius 1 is 1.13 bits per heavy atom. The van der Waals surface area contributed by atoms with Gasteiger partial charge in [-0.25, -0.2) is 4.37 Å². The maximum Gasteiger partial charge on any atom is 0.0675 e. The van der Waals surface area contributed by atoms with Crippen molar-refractivity contribution < 1.29 is 9.59 Å². The molecule has 0 saturated heterocycles. The molecule has 0 fully saturated rings. The van der Waals surface area contributed by atoms with E-state index < -0.39 is 0 Å². The van der Waals surface area contributed by atoms with Gasteiger partial charge in [0.25, 0.3) is 0 Å². The van der Waals surface area contributed by atoms with Crippen molar-refractivity contribution in [1.29, 1.82) is 0 Å². The van der Waals surface area contributed by atoms with Crippen LogP contribution in [0.5, 0.6) is 5.88 Å². The van der Waals surface area contributed by atoms with E-state index in [1.807, 2.05) is 18.2 Å². The van der Waals surface area contributed by atoms with Crippen LogP contribution in [0.25, 0.3) is 10.1 Å². The van der Waals surface area contributed by atoms with Gasteiger partial charge in [0.2, 0.25) is 0 Å². The molecule has 0 aliphatic rings. The molecule has 0 radical (unpaired) electrons. The molecule has 4 heteroatoms. The van der Waals surface area contributed by atoms with Gasteiger partial charge in [0.05, 0.1) is 32.9 Å². The second-order valence-corrected chi connectivity index (χ2v) is 5.47. The molecule has 0 aliphatic heterocycles. The van der Waals surface area contributed by atoms with Crippen molar-refractivity contribution in [3.8, 4) is 5.88 Å². The molecule has 2 aromatic rings. The summed E-state index contributed by atoms with van der Waals surface area (Å²) in [5.74, 6) is -0.111. The van der Waals surface area contributed by atoms with Gasteiger partial charge in [-0.15, -0.1) is 0 Å². The Morgan fingerprint density at radius 2 is 1.67 bits per heavy atom. The smallest absolute Gasteiger partial charge is 0.0675 e. The molecule has 0 atom stereocenters. The van der Waals surface area contributed by atoms with Crippen LogP contribution in [-0.4, -0.2) is 37.0 Å². The van der Waals surface area contributed by atoms with E-state index in [9.17, 15) is 5.11 Å². The van der Waals surface area contributed by atoms with Gasteiger partial charge in [-0.3, -0.25) is 0 Å². The maximum absolute atomic E-state index is 10.9. The molecular formula is C11H16N2OS. The Labute approximate surface area is 94.3 Å². The first-order chi connectivity index (χ1) is 6.88. The zero-order chi connectivity index (χ0) is 11.5. The summed E-state index contributed by atoms with van der Waals surface area (Å²) in [5.41, 5.74) is 0. The van der Waals surface area contributed by atoms with Crippen LogP contribution in [0.2, 0.25) is 0 Å². The minimum absolute atomic E-state index is 0.111. The van der Waals surface area contributed by atoms with E-state index in [1.165, 1.54) is 11.5 Å². The summed E-state index contributed by atoms with van der Waals surface area (Å²) in [7, 11) is 8.50. The summed E-state index contributed by atoms with van der Waals surface area (Å²) in [5, 5.41) is 11.6. The van der Waals surface area contributed by atoms with Crippen molar-refractivity contribution in [2.45, 2.75) is 0 Å². The molecule has 0 aliphatic carbocycles. The highest BCUT2D eigenvalue weighted by atomic mass is 32.1. The molecule has 15 heavy (non-hydrogen) atoms. The van der Waals surface area contributed by atoms with Crippen LogP contribution in [0.3, 0.4) is 0 Å². The van der Waals surface area contributed by atoms with Crippen molar-refractivity contribution in [2.24, 2.45) is 0 Å². The van der Waals surface area contributed by atoms with Gasteiger partial charge in [0.15, 0.2) is 0 Å². The highest BCUT2D eigenvalue weighted by Crippen LogP contribution is 2.24. The van der Waals surface area contributed by atoms with Gasteiger partial charge in [0, 0.05) is 11.3 Å². The second kappa shape index (κ2) is 4.59. The van der Waals surface area contributed by atoms with Gasteiger partial charge >= 0.3 is 0 Å². The zero-order valence-electron chi connectivity index (χ0n) is 9.52. The molecule has 1 heterocycles. The molecule has 0 N–H and O–H groups in total. The monoisotopic (exact) mass is 224 g/mol. The first kappa shape index (κ1) is 11.9. The number of hydrogen-bond acceptors (Lipinski definition) is 3. The number of quaternary nitrogens is 1. The summed E-state index contributed by atoms with van der Waals surface area (Å²) >= 11 is 1.25. The largest absolute Gasteiger partial charge is 0.857 e. The van der Waals surface area contributed by atoms with E-state index in [2.05, 4.69) is 32.6 Å². The van der Waals surface area contributed by atoms with Crippen molar-refractivity contribution in [3.63, 3.8) is 0 Å². The summed E-state index contributed by atoms with van der Waals surface area (Å²) in [6.07, 6.45) is 0. The number of nitrogens with zero attached hydrogens (tertiary/aromatic N) is 2. The zero-order valence-corrected chi connectivity index (χ0v) is 10.3. The highest BCUT2D eigenvalue weighted by molar-refractivity contribution is 7.13. The predicted octanol–water partition coefficient (Wildman–Crippen LogP) is 1.69. The lowest BCUT2D eigenvalue weighted by Crippen LogP contribution is -2.27. The first-order valence-electron chi connectivity index (χ1n) is 4.68. The molecule has 0 spiro atoms.